The van der Waals surface area contributed by atoms with Crippen molar-refractivity contribution in [1.29, 1.82) is 0 Å². The van der Waals surface area contributed by atoms with Gasteiger partial charge in [-0.3, -0.25) is 4.79 Å². The zero-order chi connectivity index (χ0) is 20.4. The van der Waals surface area contributed by atoms with Gasteiger partial charge in [-0.05, 0) is 49.1 Å². The lowest BCUT2D eigenvalue weighted by molar-refractivity contribution is -0.137. The number of aryl methyl sites for hydroxylation is 1. The van der Waals surface area contributed by atoms with E-state index < -0.39 is 17.2 Å². The first-order valence-corrected chi connectivity index (χ1v) is 9.11. The van der Waals surface area contributed by atoms with Gasteiger partial charge in [0.2, 0.25) is 0 Å². The Morgan fingerprint density at radius 1 is 1.17 bits per heavy atom. The molecule has 0 saturated carbocycles. The highest BCUT2D eigenvalue weighted by molar-refractivity contribution is 5.96. The Hall–Kier alpha value is -2.25. The lowest BCUT2D eigenvalue weighted by Gasteiger charge is -2.38. The van der Waals surface area contributed by atoms with Crippen molar-refractivity contribution in [3.8, 4) is 0 Å². The maximum atomic E-state index is 13.2. The molecule has 1 amide bonds. The van der Waals surface area contributed by atoms with E-state index in [0.29, 0.717) is 42.9 Å². The SMILES string of the molecule is Cc1ccc(N)cc1C(=O)NCC1(c2cccc(C(F)(F)F)c2)CCOCC1.Cl. The van der Waals surface area contributed by atoms with Gasteiger partial charge in [-0.15, -0.1) is 12.4 Å². The van der Waals surface area contributed by atoms with Crippen LogP contribution in [0.2, 0.25) is 0 Å². The molecule has 8 heteroatoms. The molecule has 2 aromatic rings. The summed E-state index contributed by atoms with van der Waals surface area (Å²) in [5.41, 5.74) is 6.78. The Kier molecular flexibility index (Phi) is 7.19. The van der Waals surface area contributed by atoms with E-state index in [9.17, 15) is 18.0 Å². The lowest BCUT2D eigenvalue weighted by atomic mass is 9.73. The number of nitrogens with one attached hydrogen (secondary N) is 1. The van der Waals surface area contributed by atoms with Crippen molar-refractivity contribution in [2.24, 2.45) is 0 Å². The van der Waals surface area contributed by atoms with Crippen molar-refractivity contribution in [3.63, 3.8) is 0 Å². The molecule has 1 heterocycles. The number of hydrogen-bond donors (Lipinski definition) is 2. The molecule has 158 valence electrons. The van der Waals surface area contributed by atoms with Gasteiger partial charge in [-0.2, -0.15) is 13.2 Å². The second kappa shape index (κ2) is 9.05. The molecule has 1 aliphatic heterocycles. The molecule has 0 bridgehead atoms. The summed E-state index contributed by atoms with van der Waals surface area (Å²) in [5, 5.41) is 2.90. The highest BCUT2D eigenvalue weighted by Crippen LogP contribution is 2.38. The molecule has 1 saturated heterocycles. The van der Waals surface area contributed by atoms with Gasteiger partial charge in [0.05, 0.1) is 5.56 Å². The maximum Gasteiger partial charge on any atom is 0.416 e. The standard InChI is InChI=1S/C21H23F3N2O2.ClH/c1-14-5-6-17(25)12-18(14)19(27)26-13-20(7-9-28-10-8-20)15-3-2-4-16(11-15)21(22,23)24;/h2-6,11-12H,7-10,13,25H2,1H3,(H,26,27);1H. The molecule has 1 aliphatic rings. The van der Waals surface area contributed by atoms with Gasteiger partial charge in [-0.25, -0.2) is 0 Å². The number of carbonyl (C=O) groups is 1. The Balaban J connectivity index is 0.00000300. The van der Waals surface area contributed by atoms with E-state index in [-0.39, 0.29) is 24.9 Å². The summed E-state index contributed by atoms with van der Waals surface area (Å²) in [6.45, 7) is 2.91. The summed E-state index contributed by atoms with van der Waals surface area (Å²) in [6.07, 6.45) is -3.35. The van der Waals surface area contributed by atoms with Crippen molar-refractivity contribution in [1.82, 2.24) is 5.32 Å². The third kappa shape index (κ3) is 5.22. The van der Waals surface area contributed by atoms with Crippen LogP contribution < -0.4 is 11.1 Å². The zero-order valence-corrected chi connectivity index (χ0v) is 16.8. The predicted molar refractivity (Wildman–Crippen MR) is 108 cm³/mol. The Morgan fingerprint density at radius 3 is 2.52 bits per heavy atom. The molecule has 4 nitrogen and oxygen atoms in total. The van der Waals surface area contributed by atoms with Crippen LogP contribution in [0.5, 0.6) is 0 Å². The van der Waals surface area contributed by atoms with E-state index in [1.54, 1.807) is 24.3 Å². The highest BCUT2D eigenvalue weighted by atomic mass is 35.5. The summed E-state index contributed by atoms with van der Waals surface area (Å²) in [4.78, 5) is 12.7. The topological polar surface area (TPSA) is 64.4 Å². The molecule has 0 radical (unpaired) electrons. The molecular formula is C21H24ClF3N2O2. The minimum atomic E-state index is -4.41. The minimum Gasteiger partial charge on any atom is -0.399 e. The number of halogens is 4. The summed E-state index contributed by atoms with van der Waals surface area (Å²) in [6, 6.07) is 10.4. The van der Waals surface area contributed by atoms with Crippen LogP contribution >= 0.6 is 12.4 Å². The first-order valence-electron chi connectivity index (χ1n) is 9.11. The number of amides is 1. The molecule has 3 N–H and O–H groups in total. The summed E-state index contributed by atoms with van der Waals surface area (Å²) in [5.74, 6) is -0.289. The minimum absolute atomic E-state index is 0. The van der Waals surface area contributed by atoms with Gasteiger partial charge in [0.25, 0.3) is 5.91 Å². The zero-order valence-electron chi connectivity index (χ0n) is 16.0. The van der Waals surface area contributed by atoms with Crippen molar-refractivity contribution >= 4 is 24.0 Å². The molecule has 0 aromatic heterocycles. The van der Waals surface area contributed by atoms with Gasteiger partial charge in [0.15, 0.2) is 0 Å². The van der Waals surface area contributed by atoms with Crippen LogP contribution in [-0.2, 0) is 16.3 Å². The third-order valence-corrected chi connectivity index (χ3v) is 5.35. The summed E-state index contributed by atoms with van der Waals surface area (Å²) >= 11 is 0. The van der Waals surface area contributed by atoms with Gasteiger partial charge >= 0.3 is 6.18 Å². The molecule has 0 aliphatic carbocycles. The van der Waals surface area contributed by atoms with Crippen LogP contribution in [0.3, 0.4) is 0 Å². The van der Waals surface area contributed by atoms with Gasteiger partial charge in [0.1, 0.15) is 0 Å². The van der Waals surface area contributed by atoms with Gasteiger partial charge < -0.3 is 15.8 Å². The third-order valence-electron chi connectivity index (χ3n) is 5.35. The normalized spacial score (nSPS) is 16.0. The van der Waals surface area contributed by atoms with Crippen molar-refractivity contribution in [2.75, 3.05) is 25.5 Å². The molecule has 29 heavy (non-hydrogen) atoms. The number of hydrogen-bond acceptors (Lipinski definition) is 3. The Bertz CT molecular complexity index is 865. The van der Waals surface area contributed by atoms with Crippen LogP contribution in [0.1, 0.15) is 39.9 Å². The largest absolute Gasteiger partial charge is 0.416 e. The fourth-order valence-corrected chi connectivity index (χ4v) is 3.58. The van der Waals surface area contributed by atoms with Crippen LogP contribution in [0.15, 0.2) is 42.5 Å². The molecule has 0 unspecified atom stereocenters. The lowest BCUT2D eigenvalue weighted by Crippen LogP contribution is -2.44. The molecular weight excluding hydrogens is 405 g/mol. The van der Waals surface area contributed by atoms with E-state index in [1.165, 1.54) is 12.1 Å². The summed E-state index contributed by atoms with van der Waals surface area (Å²) in [7, 11) is 0. The molecule has 2 aromatic carbocycles. The number of carbonyl (C=O) groups excluding carboxylic acids is 1. The second-order valence-electron chi connectivity index (χ2n) is 7.23. The smallest absolute Gasteiger partial charge is 0.399 e. The number of nitrogens with two attached hydrogens (primary N) is 1. The number of benzene rings is 2. The van der Waals surface area contributed by atoms with E-state index in [1.807, 2.05) is 6.92 Å². The van der Waals surface area contributed by atoms with Crippen LogP contribution in [0.25, 0.3) is 0 Å². The maximum absolute atomic E-state index is 13.2. The van der Waals surface area contributed by atoms with Crippen molar-refractivity contribution in [3.05, 3.63) is 64.7 Å². The molecule has 3 rings (SSSR count). The molecule has 1 fully saturated rings. The number of anilines is 1. The predicted octanol–water partition coefficient (Wildman–Crippen LogP) is 4.50. The first kappa shape index (κ1) is 23.0. The molecule has 0 atom stereocenters. The van der Waals surface area contributed by atoms with Crippen LogP contribution in [-0.4, -0.2) is 25.7 Å². The second-order valence-corrected chi connectivity index (χ2v) is 7.23. The number of nitrogen functional groups attached to an aromatic ring is 1. The average molecular weight is 429 g/mol. The average Bonchev–Trinajstić information content (AvgIpc) is 2.68. The number of alkyl halides is 3. The first-order chi connectivity index (χ1) is 13.2. The Labute approximate surface area is 174 Å². The molecule has 0 spiro atoms. The van der Waals surface area contributed by atoms with E-state index in [0.717, 1.165) is 11.6 Å². The van der Waals surface area contributed by atoms with Crippen LogP contribution in [0.4, 0.5) is 18.9 Å². The van der Waals surface area contributed by atoms with E-state index in [2.05, 4.69) is 5.32 Å². The van der Waals surface area contributed by atoms with E-state index >= 15 is 0 Å². The fraction of sp³-hybridized carbons (Fsp3) is 0.381. The summed E-state index contributed by atoms with van der Waals surface area (Å²) < 4.78 is 44.9. The number of ether oxygens (including phenoxy) is 1. The van der Waals surface area contributed by atoms with Crippen LogP contribution in [0, 0.1) is 6.92 Å². The Morgan fingerprint density at radius 2 is 1.86 bits per heavy atom. The highest BCUT2D eigenvalue weighted by Gasteiger charge is 2.37. The number of rotatable bonds is 4. The van der Waals surface area contributed by atoms with E-state index in [4.69, 9.17) is 10.5 Å². The fourth-order valence-electron chi connectivity index (χ4n) is 3.58. The van der Waals surface area contributed by atoms with Crippen molar-refractivity contribution < 1.29 is 22.7 Å². The van der Waals surface area contributed by atoms with Gasteiger partial charge in [-0.1, -0.05) is 24.3 Å². The van der Waals surface area contributed by atoms with Gasteiger partial charge in [0, 0.05) is 36.4 Å². The van der Waals surface area contributed by atoms with Crippen molar-refractivity contribution in [2.45, 2.75) is 31.4 Å². The quantitative estimate of drug-likeness (QED) is 0.705. The monoisotopic (exact) mass is 428 g/mol.